The first kappa shape index (κ1) is 20.1. The van der Waals surface area contributed by atoms with Gasteiger partial charge in [0.25, 0.3) is 11.8 Å². The molecule has 4 amide bonds. The highest BCUT2D eigenvalue weighted by atomic mass is 16.2. The second kappa shape index (κ2) is 7.72. The number of imide groups is 2. The molecule has 0 radical (unpaired) electrons. The van der Waals surface area contributed by atoms with Gasteiger partial charge in [-0.25, -0.2) is 4.98 Å². The van der Waals surface area contributed by atoms with Gasteiger partial charge in [-0.15, -0.1) is 0 Å². The summed E-state index contributed by atoms with van der Waals surface area (Å²) in [5.74, 6) is -1.15. The molecule has 1 aromatic carbocycles. The molecule has 4 N–H and O–H groups in total. The zero-order chi connectivity index (χ0) is 22.4. The summed E-state index contributed by atoms with van der Waals surface area (Å²) in [5, 5.41) is 5.45. The molecule has 2 saturated heterocycles. The Morgan fingerprint density at radius 1 is 1.06 bits per heavy atom. The van der Waals surface area contributed by atoms with Gasteiger partial charge in [0.05, 0.1) is 23.0 Å². The number of rotatable bonds is 5. The van der Waals surface area contributed by atoms with Crippen molar-refractivity contribution in [1.82, 2.24) is 15.2 Å². The number of hydrogen-bond acceptors (Lipinski definition) is 8. The Hall–Kier alpha value is -3.79. The Labute approximate surface area is 183 Å². The van der Waals surface area contributed by atoms with E-state index in [9.17, 15) is 19.2 Å². The molecule has 4 heterocycles. The van der Waals surface area contributed by atoms with E-state index in [0.717, 1.165) is 35.1 Å². The maximum Gasteiger partial charge on any atom is 0.262 e. The Kier molecular flexibility index (Phi) is 4.86. The molecule has 0 aliphatic carbocycles. The molecule has 164 valence electrons. The van der Waals surface area contributed by atoms with E-state index in [0.29, 0.717) is 6.54 Å². The van der Waals surface area contributed by atoms with Crippen molar-refractivity contribution in [2.75, 3.05) is 23.3 Å². The van der Waals surface area contributed by atoms with Crippen molar-refractivity contribution in [1.29, 1.82) is 0 Å². The molecule has 10 nitrogen and oxygen atoms in total. The zero-order valence-electron chi connectivity index (χ0n) is 17.2. The summed E-state index contributed by atoms with van der Waals surface area (Å²) in [6, 6.07) is 8.14. The number of nitrogens with zero attached hydrogens (tertiary/aromatic N) is 3. The number of carbonyl (C=O) groups excluding carboxylic acids is 4. The average molecular weight is 434 g/mol. The first-order valence-electron chi connectivity index (χ1n) is 10.5. The van der Waals surface area contributed by atoms with Crippen molar-refractivity contribution in [3.8, 4) is 0 Å². The molecular formula is C22H22N6O4. The fourth-order valence-corrected chi connectivity index (χ4v) is 4.21. The Balaban J connectivity index is 1.26. The largest absolute Gasteiger partial charge is 0.380 e. The minimum atomic E-state index is -0.966. The van der Waals surface area contributed by atoms with Crippen LogP contribution in [0.15, 0.2) is 36.5 Å². The maximum absolute atomic E-state index is 12.9. The summed E-state index contributed by atoms with van der Waals surface area (Å²) in [5.41, 5.74) is 7.98. The second-order valence-corrected chi connectivity index (χ2v) is 8.25. The number of hydrogen-bond donors (Lipinski definition) is 3. The predicted molar refractivity (Wildman–Crippen MR) is 115 cm³/mol. The van der Waals surface area contributed by atoms with Gasteiger partial charge in [0.2, 0.25) is 11.8 Å². The van der Waals surface area contributed by atoms with Crippen molar-refractivity contribution < 1.29 is 19.2 Å². The van der Waals surface area contributed by atoms with Crippen LogP contribution in [0, 0.1) is 0 Å². The number of anilines is 2. The lowest BCUT2D eigenvalue weighted by molar-refractivity contribution is -0.136. The third kappa shape index (κ3) is 3.48. The number of nitrogens with two attached hydrogens (primary N) is 1. The smallest absolute Gasteiger partial charge is 0.262 e. The summed E-state index contributed by atoms with van der Waals surface area (Å²) in [4.78, 5) is 56.7. The minimum absolute atomic E-state index is 0.0936. The standard InChI is InChI=1S/C22H22N6O4/c23-13-10-27(11-13)18-5-2-14(9-25-18)24-8-12-1-3-15-16(7-12)22(32)28(21(15)31)17-4-6-19(29)26-20(17)30/h1-3,5,7,9,13,17,24H,4,6,8,10-11,23H2,(H,26,29,30). The summed E-state index contributed by atoms with van der Waals surface area (Å²) in [7, 11) is 0. The highest BCUT2D eigenvalue weighted by Gasteiger charge is 2.44. The molecule has 2 fully saturated rings. The molecule has 0 saturated carbocycles. The first-order chi connectivity index (χ1) is 15.4. The third-order valence-corrected chi connectivity index (χ3v) is 5.98. The van der Waals surface area contributed by atoms with Gasteiger partial charge in [0.1, 0.15) is 11.9 Å². The highest BCUT2D eigenvalue weighted by Crippen LogP contribution is 2.28. The van der Waals surface area contributed by atoms with Crippen molar-refractivity contribution in [3.63, 3.8) is 0 Å². The Bertz CT molecular complexity index is 1130. The van der Waals surface area contributed by atoms with E-state index in [4.69, 9.17) is 5.73 Å². The lowest BCUT2D eigenvalue weighted by Crippen LogP contribution is -2.56. The SMILES string of the molecule is NC1CN(c2ccc(NCc3ccc4c(c3)C(=O)N(C3CCC(=O)NC3=O)C4=O)cn2)C1. The molecule has 1 atom stereocenters. The van der Waals surface area contributed by atoms with Crippen LogP contribution in [0.25, 0.3) is 0 Å². The van der Waals surface area contributed by atoms with Crippen molar-refractivity contribution in [3.05, 3.63) is 53.2 Å². The molecule has 2 aromatic rings. The van der Waals surface area contributed by atoms with Crippen LogP contribution in [0.4, 0.5) is 11.5 Å². The van der Waals surface area contributed by atoms with Crippen molar-refractivity contribution >= 4 is 35.1 Å². The number of aromatic nitrogens is 1. The van der Waals surface area contributed by atoms with Gasteiger partial charge in [-0.2, -0.15) is 0 Å². The van der Waals surface area contributed by atoms with Gasteiger partial charge in [-0.05, 0) is 36.2 Å². The van der Waals surface area contributed by atoms with E-state index in [1.165, 1.54) is 0 Å². The van der Waals surface area contributed by atoms with Crippen LogP contribution in [-0.4, -0.2) is 58.7 Å². The van der Waals surface area contributed by atoms with E-state index < -0.39 is 29.7 Å². The summed E-state index contributed by atoms with van der Waals surface area (Å²) in [6.45, 7) is 2.04. The van der Waals surface area contributed by atoms with Gasteiger partial charge in [-0.3, -0.25) is 29.4 Å². The van der Waals surface area contributed by atoms with E-state index in [-0.39, 0.29) is 30.0 Å². The predicted octanol–water partition coefficient (Wildman–Crippen LogP) is 0.242. The van der Waals surface area contributed by atoms with Gasteiger partial charge in [-0.1, -0.05) is 6.07 Å². The highest BCUT2D eigenvalue weighted by molar-refractivity contribution is 6.23. The molecular weight excluding hydrogens is 412 g/mol. The topological polar surface area (TPSA) is 138 Å². The van der Waals surface area contributed by atoms with Crippen molar-refractivity contribution in [2.45, 2.75) is 31.5 Å². The molecule has 1 unspecified atom stereocenters. The minimum Gasteiger partial charge on any atom is -0.380 e. The monoisotopic (exact) mass is 434 g/mol. The van der Waals surface area contributed by atoms with Gasteiger partial charge < -0.3 is 16.0 Å². The fourth-order valence-electron chi connectivity index (χ4n) is 4.21. The molecule has 10 heteroatoms. The third-order valence-electron chi connectivity index (χ3n) is 5.98. The second-order valence-electron chi connectivity index (χ2n) is 8.25. The van der Waals surface area contributed by atoms with Crippen LogP contribution < -0.4 is 21.3 Å². The lowest BCUT2D eigenvalue weighted by Gasteiger charge is -2.37. The van der Waals surface area contributed by atoms with Crippen LogP contribution in [0.1, 0.15) is 39.1 Å². The molecule has 3 aliphatic heterocycles. The summed E-state index contributed by atoms with van der Waals surface area (Å²) in [6.07, 6.45) is 1.97. The number of piperidine rings is 1. The Morgan fingerprint density at radius 3 is 2.53 bits per heavy atom. The Morgan fingerprint density at radius 2 is 1.84 bits per heavy atom. The molecule has 5 rings (SSSR count). The van der Waals surface area contributed by atoms with Crippen LogP contribution in [0.2, 0.25) is 0 Å². The fraction of sp³-hybridized carbons (Fsp3) is 0.318. The van der Waals surface area contributed by atoms with Gasteiger partial charge >= 0.3 is 0 Å². The van der Waals surface area contributed by atoms with Crippen LogP contribution in [0.5, 0.6) is 0 Å². The number of carbonyl (C=O) groups is 4. The van der Waals surface area contributed by atoms with E-state index in [1.807, 2.05) is 12.1 Å². The zero-order valence-corrected chi connectivity index (χ0v) is 17.2. The van der Waals surface area contributed by atoms with Gasteiger partial charge in [0.15, 0.2) is 0 Å². The van der Waals surface area contributed by atoms with E-state index >= 15 is 0 Å². The molecule has 0 bridgehead atoms. The summed E-state index contributed by atoms with van der Waals surface area (Å²) < 4.78 is 0. The van der Waals surface area contributed by atoms with Crippen molar-refractivity contribution in [2.24, 2.45) is 5.73 Å². The molecule has 0 spiro atoms. The molecule has 1 aromatic heterocycles. The van der Waals surface area contributed by atoms with Gasteiger partial charge in [0, 0.05) is 32.1 Å². The number of nitrogens with one attached hydrogen (secondary N) is 2. The van der Waals surface area contributed by atoms with Crippen LogP contribution in [-0.2, 0) is 16.1 Å². The molecule has 32 heavy (non-hydrogen) atoms. The van der Waals surface area contributed by atoms with E-state index in [1.54, 1.807) is 24.4 Å². The van der Waals surface area contributed by atoms with Crippen LogP contribution >= 0.6 is 0 Å². The first-order valence-corrected chi connectivity index (χ1v) is 10.5. The number of pyridine rings is 1. The quantitative estimate of drug-likeness (QED) is 0.569. The molecule has 3 aliphatic rings. The lowest BCUT2D eigenvalue weighted by atomic mass is 10.0. The van der Waals surface area contributed by atoms with E-state index in [2.05, 4.69) is 20.5 Å². The summed E-state index contributed by atoms with van der Waals surface area (Å²) >= 11 is 0. The van der Waals surface area contributed by atoms with Crippen LogP contribution in [0.3, 0.4) is 0 Å². The number of benzene rings is 1. The number of amides is 4. The normalized spacial score (nSPS) is 20.8. The average Bonchev–Trinajstić information content (AvgIpc) is 3.00. The number of fused-ring (bicyclic) bond motifs is 1. The maximum atomic E-state index is 12.9.